The smallest absolute Gasteiger partial charge is 0.404 e. The lowest BCUT2D eigenvalue weighted by Crippen LogP contribution is -2.30. The maximum Gasteiger partial charge on any atom is 0.404 e. The fraction of sp³-hybridized carbons (Fsp3) is 0.833. The van der Waals surface area contributed by atoms with Crippen LogP contribution in [0.1, 0.15) is 6.42 Å². The summed E-state index contributed by atoms with van der Waals surface area (Å²) >= 11 is 0. The molecule has 1 aliphatic heterocycles. The van der Waals surface area contributed by atoms with Crippen molar-refractivity contribution >= 4 is 16.1 Å². The fourth-order valence-corrected chi connectivity index (χ4v) is 2.70. The molecule has 0 atom stereocenters. The fourth-order valence-electron chi connectivity index (χ4n) is 1.19. The maximum absolute atomic E-state index is 11.2. The molecular formula is C6H12N2O4S. The summed E-state index contributed by atoms with van der Waals surface area (Å²) in [5.41, 5.74) is 4.72. The lowest BCUT2D eigenvalue weighted by Gasteiger charge is -2.12. The van der Waals surface area contributed by atoms with Gasteiger partial charge in [0, 0.05) is 13.1 Å². The molecule has 0 unspecified atom stereocenters. The van der Waals surface area contributed by atoms with E-state index in [0.717, 1.165) is 0 Å². The molecule has 0 aromatic heterocycles. The Morgan fingerprint density at radius 1 is 1.54 bits per heavy atom. The van der Waals surface area contributed by atoms with Gasteiger partial charge in [0.25, 0.3) is 0 Å². The molecule has 1 aliphatic rings. The van der Waals surface area contributed by atoms with Crippen LogP contribution in [-0.2, 0) is 14.8 Å². The molecule has 6 nitrogen and oxygen atoms in total. The molecule has 0 bridgehead atoms. The van der Waals surface area contributed by atoms with Gasteiger partial charge in [0.15, 0.2) is 0 Å². The molecule has 1 saturated heterocycles. The van der Waals surface area contributed by atoms with E-state index in [1.54, 1.807) is 0 Å². The Labute approximate surface area is 76.7 Å². The minimum atomic E-state index is -3.08. The maximum atomic E-state index is 11.2. The largest absolute Gasteiger partial charge is 0.448 e. The van der Waals surface area contributed by atoms with E-state index >= 15 is 0 Å². The number of nitrogens with two attached hydrogens (primary N) is 1. The van der Waals surface area contributed by atoms with Crippen LogP contribution >= 0.6 is 0 Å². The Balaban J connectivity index is 2.33. The molecule has 1 amide bonds. The van der Waals surface area contributed by atoms with Crippen molar-refractivity contribution in [3.8, 4) is 0 Å². The van der Waals surface area contributed by atoms with Gasteiger partial charge in [-0.05, 0) is 6.42 Å². The summed E-state index contributed by atoms with van der Waals surface area (Å²) < 4.78 is 28.1. The van der Waals surface area contributed by atoms with E-state index in [2.05, 4.69) is 4.74 Å². The van der Waals surface area contributed by atoms with Gasteiger partial charge in [0.2, 0.25) is 10.0 Å². The molecule has 1 rings (SSSR count). The molecule has 0 aromatic carbocycles. The quantitative estimate of drug-likeness (QED) is 0.652. The summed E-state index contributed by atoms with van der Waals surface area (Å²) in [5, 5.41) is 0. The Kier molecular flexibility index (Phi) is 3.10. The molecule has 7 heteroatoms. The summed E-state index contributed by atoms with van der Waals surface area (Å²) in [7, 11) is -3.08. The van der Waals surface area contributed by atoms with E-state index in [-0.39, 0.29) is 18.9 Å². The third-order valence-electron chi connectivity index (χ3n) is 1.79. The first-order valence-corrected chi connectivity index (χ1v) is 5.53. The van der Waals surface area contributed by atoms with Gasteiger partial charge in [0.1, 0.15) is 6.61 Å². The third-order valence-corrected chi connectivity index (χ3v) is 3.74. The first-order chi connectivity index (χ1) is 6.02. The normalized spacial score (nSPS) is 21.5. The lowest BCUT2D eigenvalue weighted by molar-refractivity contribution is 0.150. The van der Waals surface area contributed by atoms with Gasteiger partial charge in [-0.25, -0.2) is 13.2 Å². The van der Waals surface area contributed by atoms with Crippen LogP contribution in [0.5, 0.6) is 0 Å². The molecule has 0 radical (unpaired) electrons. The zero-order chi connectivity index (χ0) is 9.90. The van der Waals surface area contributed by atoms with Crippen LogP contribution in [0.15, 0.2) is 0 Å². The minimum Gasteiger partial charge on any atom is -0.448 e. The molecule has 13 heavy (non-hydrogen) atoms. The summed E-state index contributed by atoms with van der Waals surface area (Å²) in [6.45, 7) is 0.726. The predicted octanol–water partition coefficient (Wildman–Crippen LogP) is -0.883. The molecule has 0 aromatic rings. The monoisotopic (exact) mass is 208 g/mol. The second kappa shape index (κ2) is 3.93. The van der Waals surface area contributed by atoms with Crippen LogP contribution in [0.2, 0.25) is 0 Å². The molecule has 0 aliphatic carbocycles. The van der Waals surface area contributed by atoms with Crippen LogP contribution in [0.3, 0.4) is 0 Å². The van der Waals surface area contributed by atoms with Gasteiger partial charge in [-0.1, -0.05) is 0 Å². The number of hydrogen-bond acceptors (Lipinski definition) is 4. The van der Waals surface area contributed by atoms with E-state index in [1.807, 2.05) is 0 Å². The van der Waals surface area contributed by atoms with Gasteiger partial charge in [-0.3, -0.25) is 0 Å². The minimum absolute atomic E-state index is 0.0224. The van der Waals surface area contributed by atoms with Crippen molar-refractivity contribution < 1.29 is 17.9 Å². The highest BCUT2D eigenvalue weighted by Gasteiger charge is 2.27. The first kappa shape index (κ1) is 10.3. The van der Waals surface area contributed by atoms with Crippen molar-refractivity contribution in [2.45, 2.75) is 6.42 Å². The third kappa shape index (κ3) is 2.85. The van der Waals surface area contributed by atoms with Crippen molar-refractivity contribution in [1.82, 2.24) is 4.31 Å². The standard InChI is InChI=1S/C6H12N2O4S/c7-6(9)12-4-3-8-2-1-5-13(8,10)11/h1-5H2,(H2,7,9). The number of hydrogen-bond donors (Lipinski definition) is 1. The second-order valence-corrected chi connectivity index (χ2v) is 4.82. The number of nitrogens with zero attached hydrogens (tertiary/aromatic N) is 1. The molecule has 0 saturated carbocycles. The number of amides is 1. The number of carbonyl (C=O) groups is 1. The van der Waals surface area contributed by atoms with Gasteiger partial charge < -0.3 is 10.5 Å². The zero-order valence-electron chi connectivity index (χ0n) is 7.10. The van der Waals surface area contributed by atoms with E-state index in [1.165, 1.54) is 4.31 Å². The molecule has 2 N–H and O–H groups in total. The molecule has 1 heterocycles. The van der Waals surface area contributed by atoms with Crippen LogP contribution in [0.4, 0.5) is 4.79 Å². The number of rotatable bonds is 3. The Hall–Kier alpha value is -0.820. The topological polar surface area (TPSA) is 89.7 Å². The summed E-state index contributed by atoms with van der Waals surface area (Å²) in [6, 6.07) is 0. The van der Waals surface area contributed by atoms with Crippen molar-refractivity contribution in [2.75, 3.05) is 25.4 Å². The highest BCUT2D eigenvalue weighted by atomic mass is 32.2. The molecule has 1 fully saturated rings. The van der Waals surface area contributed by atoms with Crippen LogP contribution in [-0.4, -0.2) is 44.3 Å². The average Bonchev–Trinajstić information content (AvgIpc) is 2.30. The average molecular weight is 208 g/mol. The zero-order valence-corrected chi connectivity index (χ0v) is 7.92. The van der Waals surface area contributed by atoms with Crippen molar-refractivity contribution in [3.63, 3.8) is 0 Å². The number of sulfonamides is 1. The molecule has 0 spiro atoms. The summed E-state index contributed by atoms with van der Waals surface area (Å²) in [4.78, 5) is 10.2. The van der Waals surface area contributed by atoms with E-state index in [0.29, 0.717) is 13.0 Å². The van der Waals surface area contributed by atoms with Crippen LogP contribution in [0.25, 0.3) is 0 Å². The van der Waals surface area contributed by atoms with Gasteiger partial charge >= 0.3 is 6.09 Å². The summed E-state index contributed by atoms with van der Waals surface area (Å²) in [6.07, 6.45) is -0.240. The van der Waals surface area contributed by atoms with Gasteiger partial charge in [-0.2, -0.15) is 4.31 Å². The molecular weight excluding hydrogens is 196 g/mol. The summed E-state index contributed by atoms with van der Waals surface area (Å²) in [5.74, 6) is 0.184. The van der Waals surface area contributed by atoms with E-state index in [9.17, 15) is 13.2 Å². The van der Waals surface area contributed by atoms with Crippen LogP contribution < -0.4 is 5.73 Å². The van der Waals surface area contributed by atoms with Crippen molar-refractivity contribution in [1.29, 1.82) is 0 Å². The highest BCUT2D eigenvalue weighted by molar-refractivity contribution is 7.89. The first-order valence-electron chi connectivity index (χ1n) is 3.92. The van der Waals surface area contributed by atoms with Crippen LogP contribution in [0, 0.1) is 0 Å². The predicted molar refractivity (Wildman–Crippen MR) is 45.5 cm³/mol. The number of ether oxygens (including phenoxy) is 1. The van der Waals surface area contributed by atoms with Crippen molar-refractivity contribution in [2.24, 2.45) is 5.73 Å². The number of primary amides is 1. The Morgan fingerprint density at radius 2 is 2.23 bits per heavy atom. The highest BCUT2D eigenvalue weighted by Crippen LogP contribution is 2.11. The Morgan fingerprint density at radius 3 is 2.69 bits per heavy atom. The van der Waals surface area contributed by atoms with E-state index in [4.69, 9.17) is 5.73 Å². The SMILES string of the molecule is NC(=O)OCCN1CCCS1(=O)=O. The lowest BCUT2D eigenvalue weighted by atomic mass is 10.5. The van der Waals surface area contributed by atoms with Gasteiger partial charge in [0.05, 0.1) is 5.75 Å². The van der Waals surface area contributed by atoms with Crippen molar-refractivity contribution in [3.05, 3.63) is 0 Å². The Bertz CT molecular complexity index is 287. The van der Waals surface area contributed by atoms with Gasteiger partial charge in [-0.15, -0.1) is 0 Å². The van der Waals surface area contributed by atoms with E-state index < -0.39 is 16.1 Å². The molecule has 76 valence electrons. The number of carbonyl (C=O) groups excluding carboxylic acids is 1. The second-order valence-electron chi connectivity index (χ2n) is 2.74.